The summed E-state index contributed by atoms with van der Waals surface area (Å²) in [7, 11) is 0. The molecule has 0 aromatic carbocycles. The first-order chi connectivity index (χ1) is 10.2. The van der Waals surface area contributed by atoms with E-state index in [1.54, 1.807) is 0 Å². The Bertz CT molecular complexity index is 463. The van der Waals surface area contributed by atoms with Crippen molar-refractivity contribution >= 4 is 29.9 Å². The van der Waals surface area contributed by atoms with Crippen molar-refractivity contribution in [1.82, 2.24) is 20.4 Å². The van der Waals surface area contributed by atoms with Crippen molar-refractivity contribution in [2.75, 3.05) is 13.1 Å². The fourth-order valence-electron chi connectivity index (χ4n) is 2.90. The van der Waals surface area contributed by atoms with Crippen molar-refractivity contribution in [3.63, 3.8) is 0 Å². The molecule has 5 nitrogen and oxygen atoms in total. The quantitative estimate of drug-likeness (QED) is 0.323. The number of nitrogens with zero attached hydrogens (tertiary/aromatic N) is 3. The molecule has 2 N–H and O–H groups in total. The van der Waals surface area contributed by atoms with E-state index in [1.165, 1.54) is 31.4 Å². The van der Waals surface area contributed by atoms with Crippen molar-refractivity contribution in [2.24, 2.45) is 4.99 Å². The predicted molar refractivity (Wildman–Crippen MR) is 103 cm³/mol. The lowest BCUT2D eigenvalue weighted by atomic mass is 10.2. The van der Waals surface area contributed by atoms with Crippen LogP contribution in [0.4, 0.5) is 0 Å². The van der Waals surface area contributed by atoms with Gasteiger partial charge in [-0.25, -0.2) is 0 Å². The Hall–Kier alpha value is -0.790. The van der Waals surface area contributed by atoms with Gasteiger partial charge in [-0.1, -0.05) is 12.8 Å². The largest absolute Gasteiger partial charge is 0.357 e. The van der Waals surface area contributed by atoms with Gasteiger partial charge >= 0.3 is 0 Å². The molecule has 1 heterocycles. The Labute approximate surface area is 151 Å². The number of guanidine groups is 1. The minimum absolute atomic E-state index is 0. The van der Waals surface area contributed by atoms with Gasteiger partial charge < -0.3 is 10.6 Å². The highest BCUT2D eigenvalue weighted by Crippen LogP contribution is 2.17. The summed E-state index contributed by atoms with van der Waals surface area (Å²) < 4.78 is 2.07. The van der Waals surface area contributed by atoms with Gasteiger partial charge in [-0.15, -0.1) is 24.0 Å². The summed E-state index contributed by atoms with van der Waals surface area (Å²) in [6.07, 6.45) is 6.25. The van der Waals surface area contributed by atoms with Crippen molar-refractivity contribution < 1.29 is 0 Å². The van der Waals surface area contributed by atoms with Crippen LogP contribution in [0.5, 0.6) is 0 Å². The zero-order valence-electron chi connectivity index (χ0n) is 14.1. The van der Waals surface area contributed by atoms with E-state index < -0.39 is 0 Å². The van der Waals surface area contributed by atoms with Crippen LogP contribution < -0.4 is 10.6 Å². The molecule has 0 spiro atoms. The molecule has 2 rings (SSSR count). The van der Waals surface area contributed by atoms with Gasteiger partial charge in [0.15, 0.2) is 5.96 Å². The molecule has 1 aliphatic carbocycles. The molecule has 22 heavy (non-hydrogen) atoms. The van der Waals surface area contributed by atoms with Gasteiger partial charge in [0.1, 0.15) is 0 Å². The minimum atomic E-state index is 0. The van der Waals surface area contributed by atoms with E-state index in [0.29, 0.717) is 6.04 Å². The normalized spacial score (nSPS) is 15.7. The molecule has 6 heteroatoms. The lowest BCUT2D eigenvalue weighted by Gasteiger charge is -2.16. The molecule has 1 aromatic rings. The van der Waals surface area contributed by atoms with Gasteiger partial charge in [-0.2, -0.15) is 5.10 Å². The van der Waals surface area contributed by atoms with Crippen LogP contribution in [0.2, 0.25) is 0 Å². The Kier molecular flexibility index (Phi) is 8.82. The SMILES string of the molecule is CCNC(=NCCCn1nc(C)cc1C)NC1CCCC1.I. The van der Waals surface area contributed by atoms with Crippen molar-refractivity contribution in [1.29, 1.82) is 0 Å². The van der Waals surface area contributed by atoms with Crippen molar-refractivity contribution in [3.05, 3.63) is 17.5 Å². The maximum Gasteiger partial charge on any atom is 0.191 e. The molecule has 1 aromatic heterocycles. The predicted octanol–water partition coefficient (Wildman–Crippen LogP) is 3.01. The van der Waals surface area contributed by atoms with E-state index in [0.717, 1.165) is 37.7 Å². The van der Waals surface area contributed by atoms with Gasteiger partial charge in [-0.3, -0.25) is 9.67 Å². The summed E-state index contributed by atoms with van der Waals surface area (Å²) in [5, 5.41) is 11.4. The summed E-state index contributed by atoms with van der Waals surface area (Å²) >= 11 is 0. The molecular formula is C16H30IN5. The van der Waals surface area contributed by atoms with Gasteiger partial charge in [-0.05, 0) is 46.1 Å². The smallest absolute Gasteiger partial charge is 0.191 e. The Morgan fingerprint density at radius 1 is 1.36 bits per heavy atom. The standard InChI is InChI=1S/C16H29N5.HI/c1-4-17-16(19-15-8-5-6-9-15)18-10-7-11-21-14(3)12-13(2)20-21;/h12,15H,4-11H2,1-3H3,(H2,17,18,19);1H. The molecular weight excluding hydrogens is 389 g/mol. The van der Waals surface area contributed by atoms with Crippen molar-refractivity contribution in [2.45, 2.75) is 65.5 Å². The number of nitrogens with one attached hydrogen (secondary N) is 2. The van der Waals surface area contributed by atoms with E-state index in [9.17, 15) is 0 Å². The van der Waals surface area contributed by atoms with Gasteiger partial charge in [0.2, 0.25) is 0 Å². The highest BCUT2D eigenvalue weighted by molar-refractivity contribution is 14.0. The molecule has 1 aliphatic rings. The zero-order chi connectivity index (χ0) is 15.1. The Morgan fingerprint density at radius 3 is 2.68 bits per heavy atom. The first-order valence-corrected chi connectivity index (χ1v) is 8.25. The summed E-state index contributed by atoms with van der Waals surface area (Å²) in [6.45, 7) is 8.94. The number of aliphatic imine (C=N–C) groups is 1. The molecule has 0 aliphatic heterocycles. The number of aryl methyl sites for hydroxylation is 3. The average Bonchev–Trinajstić information content (AvgIpc) is 3.05. The summed E-state index contributed by atoms with van der Waals surface area (Å²) in [6, 6.07) is 2.73. The summed E-state index contributed by atoms with van der Waals surface area (Å²) in [4.78, 5) is 4.68. The minimum Gasteiger partial charge on any atom is -0.357 e. The monoisotopic (exact) mass is 419 g/mol. The summed E-state index contributed by atoms with van der Waals surface area (Å²) in [5.41, 5.74) is 2.32. The van der Waals surface area contributed by atoms with Crippen LogP contribution >= 0.6 is 24.0 Å². The molecule has 126 valence electrons. The van der Waals surface area contributed by atoms with Gasteiger partial charge in [0.25, 0.3) is 0 Å². The van der Waals surface area contributed by atoms with Crippen LogP contribution in [-0.4, -0.2) is 34.9 Å². The second kappa shape index (κ2) is 10.1. The average molecular weight is 419 g/mol. The number of aromatic nitrogens is 2. The maximum atomic E-state index is 4.68. The molecule has 0 amide bonds. The summed E-state index contributed by atoms with van der Waals surface area (Å²) in [5.74, 6) is 0.970. The number of rotatable bonds is 6. The van der Waals surface area contributed by atoms with Crippen LogP contribution in [0.1, 0.15) is 50.4 Å². The van der Waals surface area contributed by atoms with E-state index in [1.807, 2.05) is 6.92 Å². The first kappa shape index (κ1) is 19.3. The fourth-order valence-corrected chi connectivity index (χ4v) is 2.90. The van der Waals surface area contributed by atoms with Crippen LogP contribution in [0.25, 0.3) is 0 Å². The molecule has 0 unspecified atom stereocenters. The lowest BCUT2D eigenvalue weighted by Crippen LogP contribution is -2.42. The number of halogens is 1. The van der Waals surface area contributed by atoms with E-state index in [-0.39, 0.29) is 24.0 Å². The molecule has 0 atom stereocenters. The van der Waals surface area contributed by atoms with Crippen molar-refractivity contribution in [3.8, 4) is 0 Å². The van der Waals surface area contributed by atoms with Crippen LogP contribution in [0.15, 0.2) is 11.1 Å². The van der Waals surface area contributed by atoms with E-state index in [2.05, 4.69) is 45.3 Å². The van der Waals surface area contributed by atoms with E-state index in [4.69, 9.17) is 0 Å². The molecule has 0 bridgehead atoms. The van der Waals surface area contributed by atoms with Crippen LogP contribution in [0, 0.1) is 13.8 Å². The van der Waals surface area contributed by atoms with Gasteiger partial charge in [0, 0.05) is 31.4 Å². The fraction of sp³-hybridized carbons (Fsp3) is 0.750. The van der Waals surface area contributed by atoms with E-state index >= 15 is 0 Å². The Balaban J connectivity index is 0.00000242. The van der Waals surface area contributed by atoms with Crippen LogP contribution in [-0.2, 0) is 6.54 Å². The molecule has 1 fully saturated rings. The number of hydrogen-bond acceptors (Lipinski definition) is 2. The highest BCUT2D eigenvalue weighted by atomic mass is 127. The number of hydrogen-bond donors (Lipinski definition) is 2. The second-order valence-corrected chi connectivity index (χ2v) is 5.89. The second-order valence-electron chi connectivity index (χ2n) is 5.89. The third kappa shape index (κ3) is 6.14. The third-order valence-corrected chi connectivity index (χ3v) is 3.94. The zero-order valence-corrected chi connectivity index (χ0v) is 16.4. The molecule has 0 saturated heterocycles. The first-order valence-electron chi connectivity index (χ1n) is 8.25. The topological polar surface area (TPSA) is 54.2 Å². The highest BCUT2D eigenvalue weighted by Gasteiger charge is 2.15. The maximum absolute atomic E-state index is 4.68. The lowest BCUT2D eigenvalue weighted by molar-refractivity contribution is 0.564. The molecule has 0 radical (unpaired) electrons. The van der Waals surface area contributed by atoms with Gasteiger partial charge in [0.05, 0.1) is 5.69 Å². The molecule has 1 saturated carbocycles. The Morgan fingerprint density at radius 2 is 2.09 bits per heavy atom. The van der Waals surface area contributed by atoms with Crippen LogP contribution in [0.3, 0.4) is 0 Å². The third-order valence-electron chi connectivity index (χ3n) is 3.94.